The Hall–Kier alpha value is -2.69. The van der Waals surface area contributed by atoms with Gasteiger partial charge in [0.25, 0.3) is 0 Å². The fourth-order valence-electron chi connectivity index (χ4n) is 2.32. The van der Waals surface area contributed by atoms with Gasteiger partial charge in [-0.3, -0.25) is 0 Å². The number of hydrogen-bond acceptors (Lipinski definition) is 4. The van der Waals surface area contributed by atoms with Crippen LogP contribution >= 0.6 is 0 Å². The third-order valence-corrected chi connectivity index (χ3v) is 3.49. The smallest absolute Gasteiger partial charge is 0.408 e. The van der Waals surface area contributed by atoms with Crippen LogP contribution in [0.15, 0.2) is 54.6 Å². The van der Waals surface area contributed by atoms with Crippen molar-refractivity contribution in [1.82, 2.24) is 5.32 Å². The fraction of sp³-hybridized carbons (Fsp3) is 0.350. The molecule has 2 rings (SSSR count). The number of ether oxygens (including phenoxy) is 2. The summed E-state index contributed by atoms with van der Waals surface area (Å²) in [5, 5.41) is 6.27. The van der Waals surface area contributed by atoms with Crippen molar-refractivity contribution >= 4 is 11.8 Å². The van der Waals surface area contributed by atoms with Gasteiger partial charge in [-0.05, 0) is 50.6 Å². The second kappa shape index (κ2) is 8.42. The summed E-state index contributed by atoms with van der Waals surface area (Å²) in [6.07, 6.45) is -0.433. The SMILES string of the molecule is COc1ccc(NC[C@@H](NC(=O)OC(C)(C)C)c2ccccc2)cc1. The summed E-state index contributed by atoms with van der Waals surface area (Å²) in [5.41, 5.74) is 1.43. The van der Waals surface area contributed by atoms with Crippen LogP contribution in [0.4, 0.5) is 10.5 Å². The molecule has 0 saturated heterocycles. The number of nitrogens with one attached hydrogen (secondary N) is 2. The molecule has 5 nitrogen and oxygen atoms in total. The molecule has 25 heavy (non-hydrogen) atoms. The molecule has 0 heterocycles. The Kier molecular flexibility index (Phi) is 6.28. The van der Waals surface area contributed by atoms with E-state index in [-0.39, 0.29) is 6.04 Å². The molecule has 0 unspecified atom stereocenters. The number of carbonyl (C=O) groups is 1. The molecule has 0 spiro atoms. The normalized spacial score (nSPS) is 12.2. The lowest BCUT2D eigenvalue weighted by atomic mass is 10.1. The average Bonchev–Trinajstić information content (AvgIpc) is 2.58. The lowest BCUT2D eigenvalue weighted by Crippen LogP contribution is -2.37. The molecule has 1 atom stereocenters. The van der Waals surface area contributed by atoms with Crippen LogP contribution in [0.1, 0.15) is 32.4 Å². The summed E-state index contributed by atoms with van der Waals surface area (Å²) in [7, 11) is 1.64. The van der Waals surface area contributed by atoms with E-state index in [4.69, 9.17) is 9.47 Å². The van der Waals surface area contributed by atoms with Gasteiger partial charge in [0.15, 0.2) is 0 Å². The Labute approximate surface area is 149 Å². The minimum absolute atomic E-state index is 0.210. The van der Waals surface area contributed by atoms with E-state index in [0.29, 0.717) is 6.54 Å². The number of benzene rings is 2. The average molecular weight is 342 g/mol. The number of anilines is 1. The molecule has 0 aliphatic heterocycles. The third kappa shape index (κ3) is 6.37. The van der Waals surface area contributed by atoms with Crippen molar-refractivity contribution in [2.45, 2.75) is 32.4 Å². The van der Waals surface area contributed by atoms with E-state index in [0.717, 1.165) is 17.0 Å². The second-order valence-corrected chi connectivity index (χ2v) is 6.72. The van der Waals surface area contributed by atoms with Crippen molar-refractivity contribution in [2.24, 2.45) is 0 Å². The van der Waals surface area contributed by atoms with Crippen LogP contribution in [-0.4, -0.2) is 25.3 Å². The van der Waals surface area contributed by atoms with E-state index in [9.17, 15) is 4.79 Å². The van der Waals surface area contributed by atoms with Crippen molar-refractivity contribution in [3.63, 3.8) is 0 Å². The zero-order valence-electron chi connectivity index (χ0n) is 15.2. The Bertz CT molecular complexity index is 664. The number of amides is 1. The highest BCUT2D eigenvalue weighted by Gasteiger charge is 2.20. The molecule has 2 aromatic rings. The zero-order valence-corrected chi connectivity index (χ0v) is 15.2. The van der Waals surface area contributed by atoms with Crippen LogP contribution < -0.4 is 15.4 Å². The number of carbonyl (C=O) groups excluding carboxylic acids is 1. The number of hydrogen-bond donors (Lipinski definition) is 2. The van der Waals surface area contributed by atoms with Crippen LogP contribution in [0.2, 0.25) is 0 Å². The number of methoxy groups -OCH3 is 1. The summed E-state index contributed by atoms with van der Waals surface area (Å²) in [6.45, 7) is 6.08. The fourth-order valence-corrected chi connectivity index (χ4v) is 2.32. The predicted octanol–water partition coefficient (Wildman–Crippen LogP) is 4.37. The topological polar surface area (TPSA) is 59.6 Å². The first kappa shape index (κ1) is 18.6. The largest absolute Gasteiger partial charge is 0.497 e. The van der Waals surface area contributed by atoms with Crippen LogP contribution in [0, 0.1) is 0 Å². The molecular formula is C20H26N2O3. The zero-order chi connectivity index (χ0) is 18.3. The monoisotopic (exact) mass is 342 g/mol. The van der Waals surface area contributed by atoms with E-state index < -0.39 is 11.7 Å². The highest BCUT2D eigenvalue weighted by molar-refractivity contribution is 5.68. The van der Waals surface area contributed by atoms with Crippen LogP contribution in [0.5, 0.6) is 5.75 Å². The Balaban J connectivity index is 2.05. The Morgan fingerprint density at radius 3 is 2.24 bits per heavy atom. The minimum atomic E-state index is -0.533. The molecule has 0 aliphatic rings. The lowest BCUT2D eigenvalue weighted by molar-refractivity contribution is 0.0506. The van der Waals surface area contributed by atoms with Crippen LogP contribution in [0.25, 0.3) is 0 Å². The quantitative estimate of drug-likeness (QED) is 0.818. The summed E-state index contributed by atoms with van der Waals surface area (Å²) < 4.78 is 10.5. The molecule has 0 aromatic heterocycles. The van der Waals surface area contributed by atoms with Gasteiger partial charge in [0, 0.05) is 12.2 Å². The van der Waals surface area contributed by atoms with Gasteiger partial charge in [0.05, 0.1) is 13.2 Å². The maximum atomic E-state index is 12.2. The van der Waals surface area contributed by atoms with Gasteiger partial charge in [-0.2, -0.15) is 0 Å². The van der Waals surface area contributed by atoms with Gasteiger partial charge in [-0.15, -0.1) is 0 Å². The molecule has 0 aliphatic carbocycles. The van der Waals surface area contributed by atoms with Crippen molar-refractivity contribution in [3.8, 4) is 5.75 Å². The number of alkyl carbamates (subject to hydrolysis) is 1. The first-order valence-corrected chi connectivity index (χ1v) is 8.30. The molecule has 0 saturated carbocycles. The molecule has 0 fully saturated rings. The maximum Gasteiger partial charge on any atom is 0.408 e. The van der Waals surface area contributed by atoms with Crippen molar-refractivity contribution < 1.29 is 14.3 Å². The van der Waals surface area contributed by atoms with Crippen molar-refractivity contribution in [2.75, 3.05) is 19.0 Å². The lowest BCUT2D eigenvalue weighted by Gasteiger charge is -2.24. The predicted molar refractivity (Wildman–Crippen MR) is 100 cm³/mol. The highest BCUT2D eigenvalue weighted by Crippen LogP contribution is 2.18. The summed E-state index contributed by atoms with van der Waals surface area (Å²) in [6, 6.07) is 17.3. The summed E-state index contributed by atoms with van der Waals surface area (Å²) >= 11 is 0. The maximum absolute atomic E-state index is 12.2. The molecule has 5 heteroatoms. The van der Waals surface area contributed by atoms with Gasteiger partial charge in [0.1, 0.15) is 11.4 Å². The summed E-state index contributed by atoms with van der Waals surface area (Å²) in [5.74, 6) is 0.803. The summed E-state index contributed by atoms with van der Waals surface area (Å²) in [4.78, 5) is 12.2. The standard InChI is InChI=1S/C20H26N2O3/c1-20(2,3)25-19(23)22-18(15-8-6-5-7-9-15)14-21-16-10-12-17(24-4)13-11-16/h5-13,18,21H,14H2,1-4H3,(H,22,23)/t18-/m1/s1. The van der Waals surface area contributed by atoms with Gasteiger partial charge in [-0.1, -0.05) is 30.3 Å². The van der Waals surface area contributed by atoms with Crippen molar-refractivity contribution in [1.29, 1.82) is 0 Å². The first-order valence-electron chi connectivity index (χ1n) is 8.30. The van der Waals surface area contributed by atoms with Crippen LogP contribution in [-0.2, 0) is 4.74 Å². The minimum Gasteiger partial charge on any atom is -0.497 e. The molecule has 2 aromatic carbocycles. The molecule has 1 amide bonds. The molecular weight excluding hydrogens is 316 g/mol. The molecule has 0 bridgehead atoms. The number of rotatable bonds is 6. The highest BCUT2D eigenvalue weighted by atomic mass is 16.6. The first-order chi connectivity index (χ1) is 11.9. The molecule has 0 radical (unpaired) electrons. The van der Waals surface area contributed by atoms with Gasteiger partial charge in [-0.25, -0.2) is 4.79 Å². The van der Waals surface area contributed by atoms with Gasteiger partial charge >= 0.3 is 6.09 Å². The van der Waals surface area contributed by atoms with Gasteiger partial charge < -0.3 is 20.1 Å². The second-order valence-electron chi connectivity index (χ2n) is 6.72. The molecule has 2 N–H and O–H groups in total. The van der Waals surface area contributed by atoms with Crippen molar-refractivity contribution in [3.05, 3.63) is 60.2 Å². The van der Waals surface area contributed by atoms with E-state index in [2.05, 4.69) is 10.6 Å². The Morgan fingerprint density at radius 2 is 1.68 bits per heavy atom. The van der Waals surface area contributed by atoms with Gasteiger partial charge in [0.2, 0.25) is 0 Å². The van der Waals surface area contributed by atoms with E-state index in [1.807, 2.05) is 75.4 Å². The molecule has 134 valence electrons. The Morgan fingerprint density at radius 1 is 1.04 bits per heavy atom. The van der Waals surface area contributed by atoms with E-state index in [1.165, 1.54) is 0 Å². The van der Waals surface area contributed by atoms with E-state index in [1.54, 1.807) is 7.11 Å². The third-order valence-electron chi connectivity index (χ3n) is 3.49. The van der Waals surface area contributed by atoms with E-state index >= 15 is 0 Å². The van der Waals surface area contributed by atoms with Crippen LogP contribution in [0.3, 0.4) is 0 Å².